The third-order valence-corrected chi connectivity index (χ3v) is 5.41. The van der Waals surface area contributed by atoms with E-state index in [-0.39, 0.29) is 36.6 Å². The number of amides is 2. The lowest BCUT2D eigenvalue weighted by molar-refractivity contribution is -0.133. The van der Waals surface area contributed by atoms with E-state index in [0.717, 1.165) is 36.4 Å². The van der Waals surface area contributed by atoms with Crippen LogP contribution in [-0.2, 0) is 9.59 Å². The predicted molar refractivity (Wildman–Crippen MR) is 111 cm³/mol. The molecule has 1 saturated carbocycles. The van der Waals surface area contributed by atoms with Crippen LogP contribution in [0.25, 0.3) is 0 Å². The molecule has 1 unspecified atom stereocenters. The maximum absolute atomic E-state index is 12.5. The van der Waals surface area contributed by atoms with E-state index >= 15 is 0 Å². The Morgan fingerprint density at radius 3 is 2.67 bits per heavy atom. The Morgan fingerprint density at radius 1 is 1.20 bits per heavy atom. The molecule has 2 aliphatic rings. The average molecular weight is 409 g/mol. The molecule has 0 spiro atoms. The summed E-state index contributed by atoms with van der Waals surface area (Å²) < 4.78 is 5.38. The summed E-state index contributed by atoms with van der Waals surface area (Å²) in [6.07, 6.45) is 3.10. The number of rotatable bonds is 8. The zero-order valence-electron chi connectivity index (χ0n) is 17.4. The summed E-state index contributed by atoms with van der Waals surface area (Å²) in [7, 11) is 0. The van der Waals surface area contributed by atoms with E-state index in [4.69, 9.17) is 4.52 Å². The molecule has 2 heterocycles. The Labute approximate surface area is 175 Å². The van der Waals surface area contributed by atoms with Gasteiger partial charge in [0, 0.05) is 25.2 Å². The fraction of sp³-hybridized carbons (Fsp3) is 0.500. The van der Waals surface area contributed by atoms with Crippen LogP contribution in [0.15, 0.2) is 40.0 Å². The molecule has 1 atom stereocenters. The lowest BCUT2D eigenvalue weighted by Gasteiger charge is -2.18. The van der Waals surface area contributed by atoms with Gasteiger partial charge in [0.2, 0.25) is 17.7 Å². The van der Waals surface area contributed by atoms with Crippen molar-refractivity contribution in [3.8, 4) is 0 Å². The number of carbonyl (C=O) groups excluding carboxylic acids is 2. The molecule has 1 aromatic heterocycles. The highest BCUT2D eigenvalue weighted by atomic mass is 16.5. The van der Waals surface area contributed by atoms with Crippen LogP contribution in [0.1, 0.15) is 75.2 Å². The van der Waals surface area contributed by atoms with Crippen LogP contribution in [0.2, 0.25) is 0 Å². The Morgan fingerprint density at radius 2 is 1.97 bits per heavy atom. The minimum atomic E-state index is -0.359. The van der Waals surface area contributed by atoms with Gasteiger partial charge in [-0.1, -0.05) is 49.3 Å². The van der Waals surface area contributed by atoms with Crippen molar-refractivity contribution >= 4 is 17.5 Å². The highest BCUT2D eigenvalue weighted by Gasteiger charge is 2.31. The Hall–Kier alpha value is -3.03. The van der Waals surface area contributed by atoms with Gasteiger partial charge in [-0.25, -0.2) is 5.01 Å². The summed E-state index contributed by atoms with van der Waals surface area (Å²) in [6, 6.07) is 9.47. The summed E-state index contributed by atoms with van der Waals surface area (Å²) in [5.74, 6) is 1.29. The van der Waals surface area contributed by atoms with Crippen LogP contribution >= 0.6 is 0 Å². The Kier molecular flexibility index (Phi) is 5.92. The van der Waals surface area contributed by atoms with Gasteiger partial charge < -0.3 is 9.84 Å². The topological polar surface area (TPSA) is 101 Å². The molecule has 30 heavy (non-hydrogen) atoms. The second-order valence-electron chi connectivity index (χ2n) is 8.23. The van der Waals surface area contributed by atoms with Gasteiger partial charge in [-0.05, 0) is 24.3 Å². The Bertz CT molecular complexity index is 933. The molecule has 1 N–H and O–H groups in total. The number of hydrogen-bond donors (Lipinski definition) is 1. The first-order valence-electron chi connectivity index (χ1n) is 10.6. The van der Waals surface area contributed by atoms with Gasteiger partial charge in [0.05, 0.1) is 12.3 Å². The van der Waals surface area contributed by atoms with Crippen molar-refractivity contribution < 1.29 is 14.1 Å². The normalized spacial score (nSPS) is 17.2. The van der Waals surface area contributed by atoms with Crippen molar-refractivity contribution in [3.63, 3.8) is 0 Å². The van der Waals surface area contributed by atoms with Crippen molar-refractivity contribution in [1.29, 1.82) is 0 Å². The number of hydrazone groups is 1. The molecular formula is C22H27N5O3. The van der Waals surface area contributed by atoms with Gasteiger partial charge >= 0.3 is 0 Å². The smallest absolute Gasteiger partial charge is 0.249 e. The van der Waals surface area contributed by atoms with Gasteiger partial charge in [0.15, 0.2) is 5.82 Å². The summed E-state index contributed by atoms with van der Waals surface area (Å²) in [6.45, 7) is 4.52. The van der Waals surface area contributed by atoms with Gasteiger partial charge in [-0.2, -0.15) is 10.1 Å². The molecule has 1 aliphatic carbocycles. The van der Waals surface area contributed by atoms with E-state index in [0.29, 0.717) is 18.4 Å². The van der Waals surface area contributed by atoms with E-state index in [1.54, 1.807) is 0 Å². The third-order valence-electron chi connectivity index (χ3n) is 5.41. The van der Waals surface area contributed by atoms with Crippen molar-refractivity contribution in [2.45, 2.75) is 57.9 Å². The average Bonchev–Trinajstić information content (AvgIpc) is 3.27. The van der Waals surface area contributed by atoms with Gasteiger partial charge in [-0.15, -0.1) is 0 Å². The minimum Gasteiger partial charge on any atom is -0.344 e. The van der Waals surface area contributed by atoms with E-state index in [2.05, 4.69) is 20.6 Å². The molecule has 8 nitrogen and oxygen atoms in total. The van der Waals surface area contributed by atoms with Gasteiger partial charge in [0.25, 0.3) is 0 Å². The monoisotopic (exact) mass is 409 g/mol. The number of nitrogens with one attached hydrogen (secondary N) is 1. The van der Waals surface area contributed by atoms with Crippen molar-refractivity contribution in [2.24, 2.45) is 11.0 Å². The summed E-state index contributed by atoms with van der Waals surface area (Å²) in [4.78, 5) is 29.4. The summed E-state index contributed by atoms with van der Waals surface area (Å²) >= 11 is 0. The lowest BCUT2D eigenvalue weighted by Crippen LogP contribution is -2.33. The largest absolute Gasteiger partial charge is 0.344 e. The molecule has 1 aromatic carbocycles. The van der Waals surface area contributed by atoms with Crippen LogP contribution in [0.3, 0.4) is 0 Å². The molecule has 0 bridgehead atoms. The SMILES string of the molecule is CC(C)C(NC(=O)CCC(=O)N1CCC(c2ccccc2)=N1)c1nc(C2CC2)no1. The number of carbonyl (C=O) groups is 2. The summed E-state index contributed by atoms with van der Waals surface area (Å²) in [5, 5.41) is 12.9. The second-order valence-corrected chi connectivity index (χ2v) is 8.23. The van der Waals surface area contributed by atoms with Crippen molar-refractivity contribution in [1.82, 2.24) is 20.5 Å². The molecule has 0 saturated heterocycles. The molecule has 0 radical (unpaired) electrons. The van der Waals surface area contributed by atoms with Crippen LogP contribution < -0.4 is 5.32 Å². The Balaban J connectivity index is 1.30. The highest BCUT2D eigenvalue weighted by Crippen LogP contribution is 2.38. The van der Waals surface area contributed by atoms with E-state index in [1.165, 1.54) is 5.01 Å². The van der Waals surface area contributed by atoms with Gasteiger partial charge in [0.1, 0.15) is 6.04 Å². The molecule has 1 aliphatic heterocycles. The first-order chi connectivity index (χ1) is 14.5. The molecule has 2 aromatic rings. The van der Waals surface area contributed by atoms with Crippen LogP contribution in [0.4, 0.5) is 0 Å². The first kappa shape index (κ1) is 20.3. The fourth-order valence-electron chi connectivity index (χ4n) is 3.46. The van der Waals surface area contributed by atoms with Crippen LogP contribution in [-0.4, -0.2) is 39.2 Å². The predicted octanol–water partition coefficient (Wildman–Crippen LogP) is 3.18. The molecule has 1 fully saturated rings. The fourth-order valence-corrected chi connectivity index (χ4v) is 3.46. The number of hydrogen-bond acceptors (Lipinski definition) is 6. The number of nitrogens with zero attached hydrogens (tertiary/aromatic N) is 4. The lowest BCUT2D eigenvalue weighted by atomic mass is 10.0. The number of benzene rings is 1. The van der Waals surface area contributed by atoms with E-state index < -0.39 is 0 Å². The quantitative estimate of drug-likeness (QED) is 0.722. The third kappa shape index (κ3) is 4.75. The number of aromatic nitrogens is 2. The molecule has 8 heteroatoms. The first-order valence-corrected chi connectivity index (χ1v) is 10.6. The summed E-state index contributed by atoms with van der Waals surface area (Å²) in [5.41, 5.74) is 1.92. The zero-order chi connectivity index (χ0) is 21.1. The van der Waals surface area contributed by atoms with Crippen LogP contribution in [0, 0.1) is 5.92 Å². The van der Waals surface area contributed by atoms with E-state index in [1.807, 2.05) is 44.2 Å². The second kappa shape index (κ2) is 8.77. The van der Waals surface area contributed by atoms with Gasteiger partial charge in [-0.3, -0.25) is 9.59 Å². The molecule has 158 valence electrons. The van der Waals surface area contributed by atoms with E-state index in [9.17, 15) is 9.59 Å². The highest BCUT2D eigenvalue weighted by molar-refractivity contribution is 6.02. The van der Waals surface area contributed by atoms with Crippen molar-refractivity contribution in [3.05, 3.63) is 47.6 Å². The molecular weight excluding hydrogens is 382 g/mol. The maximum Gasteiger partial charge on any atom is 0.249 e. The molecule has 4 rings (SSSR count). The maximum atomic E-state index is 12.5. The standard InChI is InChI=1S/C22H27N5O3/c1-14(2)20(22-24-21(26-30-22)16-8-9-16)23-18(28)10-11-19(29)27-13-12-17(25-27)15-6-4-3-5-7-15/h3-7,14,16,20H,8-13H2,1-2H3,(H,23,28). The minimum absolute atomic E-state index is 0.0915. The van der Waals surface area contributed by atoms with Crippen molar-refractivity contribution in [2.75, 3.05) is 6.54 Å². The van der Waals surface area contributed by atoms with Crippen LogP contribution in [0.5, 0.6) is 0 Å². The molecule has 2 amide bonds. The zero-order valence-corrected chi connectivity index (χ0v) is 17.4.